The van der Waals surface area contributed by atoms with E-state index in [9.17, 15) is 5.11 Å². The number of aromatic hydroxyl groups is 1. The normalized spacial score (nSPS) is 11.5. The van der Waals surface area contributed by atoms with Gasteiger partial charge in [-0.05, 0) is 42.5 Å². The van der Waals surface area contributed by atoms with Crippen LogP contribution in [0.4, 0.5) is 0 Å². The molecule has 0 bridgehead atoms. The smallest absolute Gasteiger partial charge is 0.118 e. The largest absolute Gasteiger partial charge is 0.508 e. The van der Waals surface area contributed by atoms with Crippen LogP contribution >= 0.6 is 0 Å². The highest BCUT2D eigenvalue weighted by Gasteiger charge is 2.30. The van der Waals surface area contributed by atoms with Crippen molar-refractivity contribution in [2.45, 2.75) is 39.0 Å². The minimum atomic E-state index is 0.0414. The molecule has 0 saturated carbocycles. The fourth-order valence-corrected chi connectivity index (χ4v) is 2.94. The first-order chi connectivity index (χ1) is 9.14. The SMILES string of the molecule is CCC(CC)(c1ccccc1)c1ccc(O)c(C)c1. The molecule has 0 aliphatic carbocycles. The summed E-state index contributed by atoms with van der Waals surface area (Å²) in [7, 11) is 0. The maximum absolute atomic E-state index is 9.73. The van der Waals surface area contributed by atoms with Crippen molar-refractivity contribution < 1.29 is 5.11 Å². The van der Waals surface area contributed by atoms with Gasteiger partial charge in [0, 0.05) is 5.41 Å². The molecule has 100 valence electrons. The summed E-state index contributed by atoms with van der Waals surface area (Å²) in [4.78, 5) is 0. The molecule has 1 heteroatoms. The Labute approximate surface area is 115 Å². The minimum Gasteiger partial charge on any atom is -0.508 e. The lowest BCUT2D eigenvalue weighted by Gasteiger charge is -2.33. The molecule has 2 aromatic rings. The molecule has 0 radical (unpaired) electrons. The molecular weight excluding hydrogens is 232 g/mol. The summed E-state index contributed by atoms with van der Waals surface area (Å²) in [6, 6.07) is 16.7. The Morgan fingerprint density at radius 3 is 2.05 bits per heavy atom. The van der Waals surface area contributed by atoms with Crippen molar-refractivity contribution in [1.29, 1.82) is 0 Å². The Balaban J connectivity index is 2.59. The van der Waals surface area contributed by atoms with Crippen molar-refractivity contribution in [3.8, 4) is 5.75 Å². The van der Waals surface area contributed by atoms with Crippen molar-refractivity contribution in [1.82, 2.24) is 0 Å². The average molecular weight is 254 g/mol. The predicted octanol–water partition coefficient (Wildman–Crippen LogP) is 4.81. The van der Waals surface area contributed by atoms with Crippen LogP contribution in [-0.4, -0.2) is 5.11 Å². The first kappa shape index (κ1) is 13.7. The molecule has 0 saturated heterocycles. The summed E-state index contributed by atoms with van der Waals surface area (Å²) in [6.45, 7) is 6.43. The summed E-state index contributed by atoms with van der Waals surface area (Å²) >= 11 is 0. The number of benzene rings is 2. The van der Waals surface area contributed by atoms with Crippen molar-refractivity contribution in [2.24, 2.45) is 0 Å². The quantitative estimate of drug-likeness (QED) is 0.830. The van der Waals surface area contributed by atoms with Gasteiger partial charge in [0.15, 0.2) is 0 Å². The van der Waals surface area contributed by atoms with Crippen LogP contribution in [0, 0.1) is 6.92 Å². The maximum Gasteiger partial charge on any atom is 0.118 e. The highest BCUT2D eigenvalue weighted by molar-refractivity contribution is 5.44. The molecule has 0 unspecified atom stereocenters. The van der Waals surface area contributed by atoms with E-state index < -0.39 is 0 Å². The Morgan fingerprint density at radius 1 is 0.895 bits per heavy atom. The zero-order valence-corrected chi connectivity index (χ0v) is 12.0. The summed E-state index contributed by atoms with van der Waals surface area (Å²) in [5, 5.41) is 9.73. The fraction of sp³-hybridized carbons (Fsp3) is 0.333. The number of hydrogen-bond donors (Lipinski definition) is 1. The molecule has 0 amide bonds. The van der Waals surface area contributed by atoms with E-state index in [4.69, 9.17) is 0 Å². The zero-order valence-electron chi connectivity index (χ0n) is 12.0. The van der Waals surface area contributed by atoms with Gasteiger partial charge in [0.2, 0.25) is 0 Å². The lowest BCUT2D eigenvalue weighted by Crippen LogP contribution is -2.26. The third-order valence-electron chi connectivity index (χ3n) is 4.28. The van der Waals surface area contributed by atoms with Gasteiger partial charge < -0.3 is 5.11 Å². The second-order valence-electron chi connectivity index (χ2n) is 5.16. The topological polar surface area (TPSA) is 20.2 Å². The zero-order chi connectivity index (χ0) is 13.9. The van der Waals surface area contributed by atoms with Gasteiger partial charge in [0.25, 0.3) is 0 Å². The van der Waals surface area contributed by atoms with Crippen molar-refractivity contribution in [2.75, 3.05) is 0 Å². The summed E-state index contributed by atoms with van der Waals surface area (Å²) in [5.41, 5.74) is 3.63. The van der Waals surface area contributed by atoms with Gasteiger partial charge in [-0.25, -0.2) is 0 Å². The van der Waals surface area contributed by atoms with E-state index in [2.05, 4.69) is 56.3 Å². The van der Waals surface area contributed by atoms with Crippen LogP contribution in [0.1, 0.15) is 43.4 Å². The first-order valence-corrected chi connectivity index (χ1v) is 6.99. The van der Waals surface area contributed by atoms with E-state index in [1.165, 1.54) is 11.1 Å². The van der Waals surface area contributed by atoms with E-state index in [-0.39, 0.29) is 5.41 Å². The van der Waals surface area contributed by atoms with Gasteiger partial charge in [0.05, 0.1) is 0 Å². The molecule has 0 aliphatic heterocycles. The van der Waals surface area contributed by atoms with E-state index in [1.807, 2.05) is 13.0 Å². The Hall–Kier alpha value is -1.76. The molecule has 2 rings (SSSR count). The van der Waals surface area contributed by atoms with Crippen molar-refractivity contribution >= 4 is 0 Å². The molecule has 2 aromatic carbocycles. The fourth-order valence-electron chi connectivity index (χ4n) is 2.94. The number of phenols is 1. The summed E-state index contributed by atoms with van der Waals surface area (Å²) < 4.78 is 0. The first-order valence-electron chi connectivity index (χ1n) is 6.99. The highest BCUT2D eigenvalue weighted by Crippen LogP contribution is 2.39. The molecule has 0 spiro atoms. The second kappa shape index (κ2) is 5.48. The van der Waals surface area contributed by atoms with Crippen LogP contribution in [0.2, 0.25) is 0 Å². The summed E-state index contributed by atoms with van der Waals surface area (Å²) in [5.74, 6) is 0.373. The molecule has 0 fully saturated rings. The number of phenolic OH excluding ortho intramolecular Hbond substituents is 1. The standard InChI is InChI=1S/C18H22O/c1-4-18(5-2,15-9-7-6-8-10-15)16-11-12-17(19)14(3)13-16/h6-13,19H,4-5H2,1-3H3. The van der Waals surface area contributed by atoms with Gasteiger partial charge in [-0.3, -0.25) is 0 Å². The third kappa shape index (κ3) is 2.37. The van der Waals surface area contributed by atoms with Crippen molar-refractivity contribution in [3.05, 3.63) is 65.2 Å². The number of rotatable bonds is 4. The summed E-state index contributed by atoms with van der Waals surface area (Å²) in [6.07, 6.45) is 2.11. The van der Waals surface area contributed by atoms with Gasteiger partial charge in [0.1, 0.15) is 5.75 Å². The van der Waals surface area contributed by atoms with Crippen LogP contribution in [-0.2, 0) is 5.41 Å². The molecular formula is C18H22O. The molecule has 0 atom stereocenters. The van der Waals surface area contributed by atoms with Gasteiger partial charge in [-0.1, -0.05) is 56.3 Å². The second-order valence-corrected chi connectivity index (χ2v) is 5.16. The molecule has 0 aliphatic rings. The van der Waals surface area contributed by atoms with Crippen LogP contribution in [0.3, 0.4) is 0 Å². The minimum absolute atomic E-state index is 0.0414. The van der Waals surface area contributed by atoms with E-state index in [1.54, 1.807) is 0 Å². The van der Waals surface area contributed by atoms with E-state index in [0.717, 1.165) is 18.4 Å². The lowest BCUT2D eigenvalue weighted by atomic mass is 9.70. The van der Waals surface area contributed by atoms with Gasteiger partial charge in [-0.2, -0.15) is 0 Å². The van der Waals surface area contributed by atoms with Gasteiger partial charge in [-0.15, -0.1) is 0 Å². The molecule has 1 nitrogen and oxygen atoms in total. The van der Waals surface area contributed by atoms with Gasteiger partial charge >= 0.3 is 0 Å². The molecule has 0 heterocycles. The lowest BCUT2D eigenvalue weighted by molar-refractivity contribution is 0.462. The Morgan fingerprint density at radius 2 is 1.53 bits per heavy atom. The predicted molar refractivity (Wildman–Crippen MR) is 80.6 cm³/mol. The van der Waals surface area contributed by atoms with Crippen molar-refractivity contribution in [3.63, 3.8) is 0 Å². The molecule has 19 heavy (non-hydrogen) atoms. The Bertz CT molecular complexity index is 539. The molecule has 1 N–H and O–H groups in total. The number of aryl methyl sites for hydroxylation is 1. The molecule has 0 aromatic heterocycles. The van der Waals surface area contributed by atoms with E-state index in [0.29, 0.717) is 5.75 Å². The monoisotopic (exact) mass is 254 g/mol. The maximum atomic E-state index is 9.73. The average Bonchev–Trinajstić information content (AvgIpc) is 2.46. The third-order valence-corrected chi connectivity index (χ3v) is 4.28. The Kier molecular flexibility index (Phi) is 3.94. The van der Waals surface area contributed by atoms with Crippen LogP contribution < -0.4 is 0 Å². The van der Waals surface area contributed by atoms with Crippen LogP contribution in [0.15, 0.2) is 48.5 Å². The highest BCUT2D eigenvalue weighted by atomic mass is 16.3. The van der Waals surface area contributed by atoms with Crippen LogP contribution in [0.25, 0.3) is 0 Å². The number of hydrogen-bond acceptors (Lipinski definition) is 1. The van der Waals surface area contributed by atoms with E-state index >= 15 is 0 Å². The van der Waals surface area contributed by atoms with Crippen LogP contribution in [0.5, 0.6) is 5.75 Å².